The summed E-state index contributed by atoms with van der Waals surface area (Å²) in [6, 6.07) is -10.7. The minimum atomic E-state index is -1.52. The van der Waals surface area contributed by atoms with Crippen LogP contribution in [0.3, 0.4) is 0 Å². The minimum Gasteiger partial charge on any atom is -0.395 e. The van der Waals surface area contributed by atoms with Crippen molar-refractivity contribution in [1.29, 1.82) is 0 Å². The topological polar surface area (TPSA) is 780 Å². The number of nitrogens with zero attached hydrogens (tertiary/aromatic N) is 6. The molecule has 26 atom stereocenters. The van der Waals surface area contributed by atoms with Crippen molar-refractivity contribution >= 4 is 0 Å². The van der Waals surface area contributed by atoms with Gasteiger partial charge in [-0.3, -0.25) is 29.4 Å². The average molecular weight is 1510 g/mol. The molecule has 0 saturated carbocycles. The molecule has 44 heteroatoms. The van der Waals surface area contributed by atoms with Gasteiger partial charge in [0.15, 0.2) is 0 Å². The maximum absolute atomic E-state index is 10.2. The van der Waals surface area contributed by atoms with Crippen molar-refractivity contribution in [3.63, 3.8) is 0 Å². The highest BCUT2D eigenvalue weighted by atomic mass is 16.4. The van der Waals surface area contributed by atoms with Gasteiger partial charge in [-0.15, -0.1) is 0 Å². The van der Waals surface area contributed by atoms with Crippen LogP contribution in [0.1, 0.15) is 6.92 Å². The summed E-state index contributed by atoms with van der Waals surface area (Å²) < 4.78 is 0. The monoisotopic (exact) mass is 1510 g/mol. The molecule has 0 aromatic heterocycles. The predicted molar refractivity (Wildman–Crippen MR) is 345 cm³/mol. The van der Waals surface area contributed by atoms with Crippen LogP contribution in [0.25, 0.3) is 0 Å². The largest absolute Gasteiger partial charge is 0.395 e. The van der Waals surface area contributed by atoms with Gasteiger partial charge >= 0.3 is 0 Å². The second-order valence-corrected chi connectivity index (χ2v) is 25.7. The number of rotatable bonds is 28. The van der Waals surface area contributed by atoms with Crippen LogP contribution in [0.2, 0.25) is 0 Å². The highest BCUT2D eigenvalue weighted by Crippen LogP contribution is 2.30. The van der Waals surface area contributed by atoms with E-state index in [0.717, 1.165) is 0 Å². The molecule has 1 unspecified atom stereocenters. The van der Waals surface area contributed by atoms with E-state index >= 15 is 0 Å². The van der Waals surface area contributed by atoms with Gasteiger partial charge < -0.3 is 194 Å². The third-order valence-electron chi connectivity index (χ3n) is 19.5. The molecule has 6 rings (SSSR count). The Balaban J connectivity index is 0.000000617. The van der Waals surface area contributed by atoms with Crippen LogP contribution in [0.5, 0.6) is 0 Å². The van der Waals surface area contributed by atoms with Gasteiger partial charge in [0.05, 0.1) is 241 Å². The van der Waals surface area contributed by atoms with Crippen molar-refractivity contribution in [2.75, 3.05) is 165 Å². The Morgan fingerprint density at radius 3 is 0.814 bits per heavy atom. The minimum absolute atomic E-state index is 0.0102. The average Bonchev–Trinajstić information content (AvgIpc) is 0.772. The summed E-state index contributed by atoms with van der Waals surface area (Å²) in [6.07, 6.45) is -23.2. The first kappa shape index (κ1) is 98.2. The number of hydrogen-bond acceptors (Lipinski definition) is 44. The molecule has 0 amide bonds. The molecule has 6 fully saturated rings. The maximum Gasteiger partial charge on any atom is 0.109 e. The van der Waals surface area contributed by atoms with Gasteiger partial charge in [-0.1, -0.05) is 0 Å². The lowest BCUT2D eigenvalue weighted by molar-refractivity contribution is -0.194. The molecule has 612 valence electrons. The van der Waals surface area contributed by atoms with Crippen LogP contribution < -0.4 is 5.32 Å². The molecule has 6 heterocycles. The molecule has 38 N–H and O–H groups in total. The Morgan fingerprint density at radius 2 is 0.520 bits per heavy atom. The van der Waals surface area contributed by atoms with Crippen LogP contribution in [0, 0.1) is 0 Å². The molecule has 0 bridgehead atoms. The number of nitrogens with one attached hydrogen (secondary N) is 1. The lowest BCUT2D eigenvalue weighted by Gasteiger charge is -2.51. The van der Waals surface area contributed by atoms with Gasteiger partial charge in [-0.25, -0.2) is 0 Å². The normalized spacial score (nSPS) is 36.9. The van der Waals surface area contributed by atoms with E-state index in [0.29, 0.717) is 0 Å². The van der Waals surface area contributed by atoms with E-state index < -0.39 is 254 Å². The molecular weight excluding hydrogens is 1390 g/mol. The number of piperidine rings is 6. The van der Waals surface area contributed by atoms with Crippen molar-refractivity contribution in [3.05, 3.63) is 0 Å². The van der Waals surface area contributed by atoms with Gasteiger partial charge in [0.1, 0.15) is 73.2 Å². The number of β-amino-alcohol motifs (C(OH)–C–C–N with tert-alkyl or cyclic N) is 5. The van der Waals surface area contributed by atoms with E-state index in [9.17, 15) is 117 Å². The smallest absolute Gasteiger partial charge is 0.109 e. The van der Waals surface area contributed by atoms with E-state index in [1.807, 2.05) is 0 Å². The predicted octanol–water partition coefficient (Wildman–Crippen LogP) is -24.1. The molecule has 44 nitrogen and oxygen atoms in total. The fourth-order valence-electron chi connectivity index (χ4n) is 13.1. The molecule has 0 aromatic carbocycles. The number of aliphatic hydroxyl groups excluding tert-OH is 37. The van der Waals surface area contributed by atoms with Crippen molar-refractivity contribution in [3.8, 4) is 0 Å². The third kappa shape index (κ3) is 25.7. The van der Waals surface area contributed by atoms with E-state index in [-0.39, 0.29) is 105 Å². The summed E-state index contributed by atoms with van der Waals surface area (Å²) in [5, 5.41) is 349. The molecule has 6 aliphatic heterocycles. The van der Waals surface area contributed by atoms with E-state index in [2.05, 4.69) is 5.32 Å². The Labute approximate surface area is 588 Å². The van der Waals surface area contributed by atoms with Crippen molar-refractivity contribution < 1.29 is 189 Å². The molecule has 6 aliphatic rings. The fraction of sp³-hybridized carbons (Fsp3) is 1.00. The first-order chi connectivity index (χ1) is 48.2. The second-order valence-electron chi connectivity index (χ2n) is 25.7. The number of hydrogen-bond donors (Lipinski definition) is 38. The summed E-state index contributed by atoms with van der Waals surface area (Å²) in [5.74, 6) is 0. The molecular formula is C58H123N7O37. The highest BCUT2D eigenvalue weighted by molar-refractivity contribution is 5.05. The molecule has 6 saturated heterocycles. The van der Waals surface area contributed by atoms with Crippen LogP contribution in [-0.2, 0) is 0 Å². The van der Waals surface area contributed by atoms with Gasteiger partial charge in [-0.2, -0.15) is 0 Å². The quantitative estimate of drug-likeness (QED) is 0.0346. The van der Waals surface area contributed by atoms with E-state index in [1.165, 1.54) is 19.6 Å². The first-order valence-electron chi connectivity index (χ1n) is 33.4. The van der Waals surface area contributed by atoms with Crippen molar-refractivity contribution in [2.24, 2.45) is 0 Å². The zero-order valence-electron chi connectivity index (χ0n) is 56.9. The van der Waals surface area contributed by atoms with Crippen LogP contribution in [0.4, 0.5) is 0 Å². The highest BCUT2D eigenvalue weighted by Gasteiger charge is 2.52. The van der Waals surface area contributed by atoms with Gasteiger partial charge in [0, 0.05) is 45.3 Å². The number of likely N-dealkylation sites (tertiary alicyclic amines) is 6. The number of aliphatic hydroxyl groups is 37. The van der Waals surface area contributed by atoms with Gasteiger partial charge in [0.2, 0.25) is 0 Å². The summed E-state index contributed by atoms with van der Waals surface area (Å²) >= 11 is 0. The Bertz CT molecular complexity index is 2040. The van der Waals surface area contributed by atoms with Gasteiger partial charge in [0.25, 0.3) is 0 Å². The lowest BCUT2D eigenvalue weighted by Crippen LogP contribution is -2.72. The van der Waals surface area contributed by atoms with Crippen LogP contribution in [0.15, 0.2) is 0 Å². The molecule has 0 spiro atoms. The van der Waals surface area contributed by atoms with Crippen molar-refractivity contribution in [2.45, 2.75) is 201 Å². The maximum atomic E-state index is 10.2. The molecule has 102 heavy (non-hydrogen) atoms. The second kappa shape index (κ2) is 50.1. The Hall–Kier alpha value is -1.76. The van der Waals surface area contributed by atoms with E-state index in [4.69, 9.17) is 71.5 Å². The Kier molecular flexibility index (Phi) is 48.3. The first-order valence-corrected chi connectivity index (χ1v) is 33.4. The molecule has 0 radical (unpaired) electrons. The van der Waals surface area contributed by atoms with Crippen LogP contribution >= 0.6 is 0 Å². The molecule has 0 aromatic rings. The third-order valence-corrected chi connectivity index (χ3v) is 19.5. The standard InChI is InChI=1S/C13H28N2O8.C10H21NO7.2C9H19NO6.C9H19NO5.C8H17NO5/c16-2-7(3-17)14-1-9-11(21)13(23)12(22)10(6-20)15(9)8(4-18)5-19;12-1-5(2-13)11-6(3-14)8(16)10(18)9(17)7(11)4-15;2*11-2-5(3-12)10-1-7(14)9(16)8(15)6(10)4-13;1-5-8(14)9(15)7(13)2-10(5)6(3-11)4-12;10-2-1-9-3-6(12)8(14)7(13)5(9)4-11/h7-14,16-23H,1-6H2;5-10,12-18H,1-4H2;2*5-9,11-16H,1-4H2;5-9,11-15H,2-4H2,1H3;5-8,10-14H,1-4H2/t9-,10-,11+,12-,13-;6-,7-,8-,9+,10?;6-,7+,8-,9-;6-,7-,8-,9-;5-,7+,8+,9-;5-,6+,7-,8-/m111101/s1. The van der Waals surface area contributed by atoms with Crippen molar-refractivity contribution in [1.82, 2.24) is 34.7 Å². The molecule has 0 aliphatic carbocycles. The Morgan fingerprint density at radius 1 is 0.265 bits per heavy atom. The zero-order chi connectivity index (χ0) is 78.3. The zero-order valence-corrected chi connectivity index (χ0v) is 56.9. The summed E-state index contributed by atoms with van der Waals surface area (Å²) in [6.45, 7) is -5.33. The SMILES string of the molecule is C[C@H]1[C@@H](O)[C@@H](O)[C@H](O)CN1C(CO)CO.OCC(CO)N1C[C@@H](O)[C@@H](O)[C@H](O)[C@H]1CO.OCC(CO)N1C[C@H](O)[C@@H](O)[C@H](O)[C@H]1CO.OCC(CO)N1[C@H](CO)[C@H](O)C(O)[C@H](O)[C@H]1CO.OCC(CO)NC[C@@H]1[C@H](O)[C@@H](O)[C@H](O)[C@@H](CO)N1C(CO)CO.OCCN1C[C@H](O)[C@@H](O)[C@H](O)[C@H]1CO. The van der Waals surface area contributed by atoms with Crippen LogP contribution in [-0.4, -0.2) is 578 Å². The summed E-state index contributed by atoms with van der Waals surface area (Å²) in [5.41, 5.74) is 0. The van der Waals surface area contributed by atoms with Gasteiger partial charge in [-0.05, 0) is 6.92 Å². The summed E-state index contributed by atoms with van der Waals surface area (Å²) in [4.78, 5) is 8.58. The fourth-order valence-corrected chi connectivity index (χ4v) is 13.1. The summed E-state index contributed by atoms with van der Waals surface area (Å²) in [7, 11) is 0. The van der Waals surface area contributed by atoms with E-state index in [1.54, 1.807) is 16.7 Å². The lowest BCUT2D eigenvalue weighted by atomic mass is 9.86.